The van der Waals surface area contributed by atoms with E-state index in [1.807, 2.05) is 53.9 Å². The number of hydrogen-bond acceptors (Lipinski definition) is 4. The van der Waals surface area contributed by atoms with Crippen molar-refractivity contribution in [3.63, 3.8) is 0 Å². The van der Waals surface area contributed by atoms with Gasteiger partial charge in [0.25, 0.3) is 5.91 Å². The molecule has 5 nitrogen and oxygen atoms in total. The van der Waals surface area contributed by atoms with E-state index in [4.69, 9.17) is 0 Å². The van der Waals surface area contributed by atoms with Gasteiger partial charge < -0.3 is 10.6 Å². The van der Waals surface area contributed by atoms with Crippen LogP contribution in [-0.2, 0) is 4.79 Å². The predicted octanol–water partition coefficient (Wildman–Crippen LogP) is 3.17. The van der Waals surface area contributed by atoms with E-state index in [1.54, 1.807) is 25.3 Å². The number of carbonyl (C=O) groups is 2. The minimum atomic E-state index is -0.667. The van der Waals surface area contributed by atoms with Crippen molar-refractivity contribution in [1.82, 2.24) is 15.6 Å². The van der Waals surface area contributed by atoms with Gasteiger partial charge in [0.15, 0.2) is 0 Å². The first-order valence-corrected chi connectivity index (χ1v) is 9.13. The van der Waals surface area contributed by atoms with E-state index in [2.05, 4.69) is 15.6 Å². The molecule has 6 heteroatoms. The highest BCUT2D eigenvalue weighted by Crippen LogP contribution is 2.20. The van der Waals surface area contributed by atoms with Crippen LogP contribution in [0.25, 0.3) is 0 Å². The van der Waals surface area contributed by atoms with Gasteiger partial charge in [-0.25, -0.2) is 0 Å². The van der Waals surface area contributed by atoms with E-state index in [0.29, 0.717) is 4.88 Å². The average molecular weight is 365 g/mol. The van der Waals surface area contributed by atoms with Gasteiger partial charge in [0.2, 0.25) is 5.91 Å². The topological polar surface area (TPSA) is 71.1 Å². The lowest BCUT2D eigenvalue weighted by Gasteiger charge is -2.21. The molecule has 2 aromatic heterocycles. The summed E-state index contributed by atoms with van der Waals surface area (Å²) in [5.41, 5.74) is 1.67. The lowest BCUT2D eigenvalue weighted by Crippen LogP contribution is -2.46. The summed E-state index contributed by atoms with van der Waals surface area (Å²) in [6.07, 6.45) is 1.69. The highest BCUT2D eigenvalue weighted by atomic mass is 32.1. The Balaban J connectivity index is 1.74. The third-order valence-corrected chi connectivity index (χ3v) is 4.76. The smallest absolute Gasteiger partial charge is 0.261 e. The molecule has 0 aliphatic carbocycles. The number of benzene rings is 1. The molecule has 0 radical (unpaired) electrons. The number of nitrogens with one attached hydrogen (secondary N) is 2. The molecule has 0 aliphatic rings. The Morgan fingerprint density at radius 2 is 1.73 bits per heavy atom. The summed E-state index contributed by atoms with van der Waals surface area (Å²) in [5, 5.41) is 7.54. The summed E-state index contributed by atoms with van der Waals surface area (Å²) in [4.78, 5) is 29.8. The molecule has 2 atom stereocenters. The van der Waals surface area contributed by atoms with Crippen LogP contribution >= 0.6 is 11.3 Å². The van der Waals surface area contributed by atoms with E-state index in [-0.39, 0.29) is 17.9 Å². The fraction of sp³-hybridized carbons (Fsp3) is 0.150. The standard InChI is InChI=1S/C20H19N3O2S/c1-14(22-20(25)17-11-7-13-26-17)19(24)23-18(15-8-3-2-4-9-15)16-10-5-6-12-21-16/h2-14,18H,1H3,(H,22,25)(H,23,24). The maximum atomic E-state index is 12.7. The van der Waals surface area contributed by atoms with Crippen molar-refractivity contribution in [1.29, 1.82) is 0 Å². The second-order valence-corrected chi connectivity index (χ2v) is 6.73. The van der Waals surface area contributed by atoms with Gasteiger partial charge in [0.05, 0.1) is 16.6 Å². The van der Waals surface area contributed by atoms with Crippen LogP contribution in [0.15, 0.2) is 72.2 Å². The Morgan fingerprint density at radius 3 is 2.38 bits per heavy atom. The summed E-state index contributed by atoms with van der Waals surface area (Å²) in [6.45, 7) is 1.67. The quantitative estimate of drug-likeness (QED) is 0.705. The highest BCUT2D eigenvalue weighted by Gasteiger charge is 2.23. The van der Waals surface area contributed by atoms with Gasteiger partial charge in [-0.15, -0.1) is 11.3 Å². The van der Waals surface area contributed by atoms with E-state index in [1.165, 1.54) is 11.3 Å². The first-order chi connectivity index (χ1) is 12.6. The van der Waals surface area contributed by atoms with Crippen molar-refractivity contribution < 1.29 is 9.59 Å². The summed E-state index contributed by atoms with van der Waals surface area (Å²) < 4.78 is 0. The predicted molar refractivity (Wildman–Crippen MR) is 102 cm³/mol. The minimum Gasteiger partial charge on any atom is -0.342 e. The number of pyridine rings is 1. The lowest BCUT2D eigenvalue weighted by atomic mass is 10.0. The Bertz CT molecular complexity index is 812. The molecule has 2 amide bonds. The average Bonchev–Trinajstić information content (AvgIpc) is 3.22. The number of carbonyl (C=O) groups excluding carboxylic acids is 2. The summed E-state index contributed by atoms with van der Waals surface area (Å²) in [6, 6.07) is 17.7. The molecule has 2 N–H and O–H groups in total. The van der Waals surface area contributed by atoms with Crippen molar-refractivity contribution in [3.8, 4) is 0 Å². The molecule has 0 fully saturated rings. The Morgan fingerprint density at radius 1 is 0.962 bits per heavy atom. The van der Waals surface area contributed by atoms with Crippen LogP contribution in [-0.4, -0.2) is 22.8 Å². The first-order valence-electron chi connectivity index (χ1n) is 8.26. The van der Waals surface area contributed by atoms with Gasteiger partial charge in [-0.2, -0.15) is 0 Å². The number of hydrogen-bond donors (Lipinski definition) is 2. The first kappa shape index (κ1) is 17.8. The van der Waals surface area contributed by atoms with Crippen molar-refractivity contribution in [2.75, 3.05) is 0 Å². The number of nitrogens with zero attached hydrogens (tertiary/aromatic N) is 1. The van der Waals surface area contributed by atoms with Gasteiger partial charge in [-0.1, -0.05) is 42.5 Å². The van der Waals surface area contributed by atoms with Crippen molar-refractivity contribution in [2.24, 2.45) is 0 Å². The molecule has 3 rings (SSSR count). The Hall–Kier alpha value is -2.99. The van der Waals surface area contributed by atoms with Gasteiger partial charge in [-0.3, -0.25) is 14.6 Å². The van der Waals surface area contributed by atoms with Crippen LogP contribution in [0, 0.1) is 0 Å². The largest absolute Gasteiger partial charge is 0.342 e. The second kappa shape index (κ2) is 8.40. The maximum absolute atomic E-state index is 12.7. The Kier molecular flexibility index (Phi) is 5.76. The van der Waals surface area contributed by atoms with Crippen molar-refractivity contribution in [2.45, 2.75) is 19.0 Å². The maximum Gasteiger partial charge on any atom is 0.261 e. The fourth-order valence-electron chi connectivity index (χ4n) is 2.53. The molecule has 0 bridgehead atoms. The molecule has 26 heavy (non-hydrogen) atoms. The number of amides is 2. The van der Waals surface area contributed by atoms with E-state index < -0.39 is 6.04 Å². The third kappa shape index (κ3) is 4.34. The molecule has 2 unspecified atom stereocenters. The summed E-state index contributed by atoms with van der Waals surface area (Å²) in [5.74, 6) is -0.522. The molecule has 0 aliphatic heterocycles. The monoisotopic (exact) mass is 365 g/mol. The van der Waals surface area contributed by atoms with Crippen LogP contribution in [0.4, 0.5) is 0 Å². The zero-order valence-electron chi connectivity index (χ0n) is 14.3. The molecule has 0 saturated heterocycles. The molecule has 0 saturated carbocycles. The molecule has 132 valence electrons. The van der Waals surface area contributed by atoms with Crippen LogP contribution in [0.2, 0.25) is 0 Å². The van der Waals surface area contributed by atoms with E-state index in [0.717, 1.165) is 11.3 Å². The second-order valence-electron chi connectivity index (χ2n) is 5.78. The minimum absolute atomic E-state index is 0.253. The SMILES string of the molecule is CC(NC(=O)c1cccs1)C(=O)NC(c1ccccc1)c1ccccn1. The van der Waals surface area contributed by atoms with Crippen LogP contribution in [0.1, 0.15) is 33.9 Å². The van der Waals surface area contributed by atoms with E-state index >= 15 is 0 Å². The lowest BCUT2D eigenvalue weighted by molar-refractivity contribution is -0.123. The third-order valence-electron chi connectivity index (χ3n) is 3.89. The number of aromatic nitrogens is 1. The number of thiophene rings is 1. The van der Waals surface area contributed by atoms with Gasteiger partial charge >= 0.3 is 0 Å². The van der Waals surface area contributed by atoms with Gasteiger partial charge in [0, 0.05) is 6.20 Å². The highest BCUT2D eigenvalue weighted by molar-refractivity contribution is 7.12. The zero-order valence-corrected chi connectivity index (χ0v) is 15.1. The normalized spacial score (nSPS) is 12.8. The van der Waals surface area contributed by atoms with Gasteiger partial charge in [-0.05, 0) is 36.1 Å². The van der Waals surface area contributed by atoms with Crippen LogP contribution in [0.3, 0.4) is 0 Å². The fourth-order valence-corrected chi connectivity index (χ4v) is 3.16. The van der Waals surface area contributed by atoms with Crippen LogP contribution in [0.5, 0.6) is 0 Å². The van der Waals surface area contributed by atoms with Crippen molar-refractivity contribution >= 4 is 23.2 Å². The molecular formula is C20H19N3O2S. The zero-order chi connectivity index (χ0) is 18.4. The number of rotatable bonds is 6. The Labute approximate surface area is 156 Å². The molecule has 2 heterocycles. The summed E-state index contributed by atoms with van der Waals surface area (Å²) in [7, 11) is 0. The molecule has 1 aromatic carbocycles. The van der Waals surface area contributed by atoms with Crippen LogP contribution < -0.4 is 10.6 Å². The van der Waals surface area contributed by atoms with Crippen molar-refractivity contribution in [3.05, 3.63) is 88.4 Å². The van der Waals surface area contributed by atoms with E-state index in [9.17, 15) is 9.59 Å². The molecular weight excluding hydrogens is 346 g/mol. The molecule has 0 spiro atoms. The van der Waals surface area contributed by atoms with Gasteiger partial charge in [0.1, 0.15) is 6.04 Å². The molecule has 3 aromatic rings. The summed E-state index contributed by atoms with van der Waals surface area (Å²) >= 11 is 1.34.